The lowest BCUT2D eigenvalue weighted by molar-refractivity contribution is -0.918. The standard InChI is InChI=1S/C17H27NO4/c1-13-8-18(9-14(2)22-13)10-16(19)12-21-11-15-4-6-17(20-3)7-5-15/h4-7,13-14,16,19H,8-12H2,1-3H3/p+1/t13-,14-,16-/m0/s1. The van der Waals surface area contributed by atoms with Gasteiger partial charge >= 0.3 is 0 Å². The Labute approximate surface area is 132 Å². The van der Waals surface area contributed by atoms with Gasteiger partial charge in [0.2, 0.25) is 0 Å². The highest BCUT2D eigenvalue weighted by Gasteiger charge is 2.27. The molecule has 0 aromatic heterocycles. The van der Waals surface area contributed by atoms with E-state index in [1.807, 2.05) is 24.3 Å². The zero-order valence-corrected chi connectivity index (χ0v) is 13.7. The van der Waals surface area contributed by atoms with Crippen LogP contribution < -0.4 is 9.64 Å². The number of quaternary nitrogens is 1. The highest BCUT2D eigenvalue weighted by molar-refractivity contribution is 5.26. The second-order valence-electron chi connectivity index (χ2n) is 6.14. The first-order valence-electron chi connectivity index (χ1n) is 7.94. The van der Waals surface area contributed by atoms with Gasteiger partial charge in [0.15, 0.2) is 0 Å². The van der Waals surface area contributed by atoms with Gasteiger partial charge in [-0.1, -0.05) is 12.1 Å². The molecule has 5 nitrogen and oxygen atoms in total. The van der Waals surface area contributed by atoms with E-state index >= 15 is 0 Å². The minimum atomic E-state index is -0.439. The van der Waals surface area contributed by atoms with Gasteiger partial charge in [-0.25, -0.2) is 0 Å². The number of aliphatic hydroxyl groups excluding tert-OH is 1. The molecule has 0 aliphatic carbocycles. The molecule has 1 aromatic carbocycles. The Balaban J connectivity index is 1.67. The molecule has 1 aliphatic heterocycles. The maximum Gasteiger partial charge on any atom is 0.126 e. The van der Waals surface area contributed by atoms with Crippen LogP contribution >= 0.6 is 0 Å². The Hall–Kier alpha value is -1.14. The normalized spacial score (nSPS) is 26.6. The number of aliphatic hydroxyl groups is 1. The molecular weight excluding hydrogens is 282 g/mol. The summed E-state index contributed by atoms with van der Waals surface area (Å²) in [4.78, 5) is 1.38. The van der Waals surface area contributed by atoms with E-state index < -0.39 is 6.10 Å². The molecule has 5 heteroatoms. The Morgan fingerprint density at radius 1 is 1.23 bits per heavy atom. The number of benzene rings is 1. The van der Waals surface area contributed by atoms with E-state index in [1.54, 1.807) is 7.11 Å². The van der Waals surface area contributed by atoms with E-state index in [0.717, 1.165) is 24.4 Å². The average molecular weight is 310 g/mol. The van der Waals surface area contributed by atoms with E-state index in [-0.39, 0.29) is 12.2 Å². The zero-order chi connectivity index (χ0) is 15.9. The van der Waals surface area contributed by atoms with Crippen LogP contribution in [0.3, 0.4) is 0 Å². The Bertz CT molecular complexity index is 427. The predicted octanol–water partition coefficient (Wildman–Crippen LogP) is 0.265. The fourth-order valence-corrected chi connectivity index (χ4v) is 2.98. The summed E-state index contributed by atoms with van der Waals surface area (Å²) in [5, 5.41) is 10.1. The molecule has 0 unspecified atom stereocenters. The summed E-state index contributed by atoms with van der Waals surface area (Å²) in [6, 6.07) is 7.77. The Morgan fingerprint density at radius 2 is 1.86 bits per heavy atom. The van der Waals surface area contributed by atoms with Gasteiger partial charge in [-0.05, 0) is 31.5 Å². The van der Waals surface area contributed by atoms with Gasteiger partial charge in [0.25, 0.3) is 0 Å². The van der Waals surface area contributed by atoms with Crippen LogP contribution in [-0.2, 0) is 16.1 Å². The third-order valence-electron chi connectivity index (χ3n) is 3.88. The summed E-state index contributed by atoms with van der Waals surface area (Å²) in [6.07, 6.45) is 0.0723. The second-order valence-corrected chi connectivity index (χ2v) is 6.14. The van der Waals surface area contributed by atoms with Gasteiger partial charge < -0.3 is 24.2 Å². The van der Waals surface area contributed by atoms with Gasteiger partial charge in [-0.2, -0.15) is 0 Å². The Morgan fingerprint density at radius 3 is 2.45 bits per heavy atom. The maximum atomic E-state index is 10.1. The minimum Gasteiger partial charge on any atom is -0.497 e. The van der Waals surface area contributed by atoms with Crippen molar-refractivity contribution in [2.45, 2.75) is 38.8 Å². The van der Waals surface area contributed by atoms with Crippen molar-refractivity contribution in [2.75, 3.05) is 33.4 Å². The minimum absolute atomic E-state index is 0.256. The molecule has 2 rings (SSSR count). The number of ether oxygens (including phenoxy) is 3. The quantitative estimate of drug-likeness (QED) is 0.759. The smallest absolute Gasteiger partial charge is 0.126 e. The number of hydrogen-bond donors (Lipinski definition) is 2. The molecule has 3 atom stereocenters. The van der Waals surface area contributed by atoms with Gasteiger partial charge in [0, 0.05) is 0 Å². The van der Waals surface area contributed by atoms with E-state index in [1.165, 1.54) is 4.90 Å². The van der Waals surface area contributed by atoms with Gasteiger partial charge in [-0.15, -0.1) is 0 Å². The molecule has 2 N–H and O–H groups in total. The topological polar surface area (TPSA) is 52.4 Å². The van der Waals surface area contributed by atoms with E-state index in [0.29, 0.717) is 19.8 Å². The van der Waals surface area contributed by atoms with Crippen LogP contribution in [-0.4, -0.2) is 56.8 Å². The molecule has 22 heavy (non-hydrogen) atoms. The van der Waals surface area contributed by atoms with E-state index in [4.69, 9.17) is 14.2 Å². The van der Waals surface area contributed by atoms with Gasteiger partial charge in [-0.3, -0.25) is 0 Å². The highest BCUT2D eigenvalue weighted by Crippen LogP contribution is 2.11. The first-order valence-corrected chi connectivity index (χ1v) is 7.94. The van der Waals surface area contributed by atoms with Crippen LogP contribution in [0.25, 0.3) is 0 Å². The lowest BCUT2D eigenvalue weighted by Crippen LogP contribution is -3.16. The van der Waals surface area contributed by atoms with Gasteiger partial charge in [0.05, 0.1) is 20.3 Å². The SMILES string of the molecule is COc1ccc(COC[C@@H](O)C[NH+]2C[C@H](C)O[C@@H](C)C2)cc1. The number of morpholine rings is 1. The summed E-state index contributed by atoms with van der Waals surface area (Å²) in [5.74, 6) is 0.836. The largest absolute Gasteiger partial charge is 0.497 e. The molecule has 1 aromatic rings. The number of methoxy groups -OCH3 is 1. The van der Waals surface area contributed by atoms with Crippen molar-refractivity contribution in [3.05, 3.63) is 29.8 Å². The molecule has 1 heterocycles. The summed E-state index contributed by atoms with van der Waals surface area (Å²) in [7, 11) is 1.65. The van der Waals surface area contributed by atoms with Crippen LogP contribution in [0.4, 0.5) is 0 Å². The summed E-state index contributed by atoms with van der Waals surface area (Å²) in [6.45, 7) is 7.64. The van der Waals surface area contributed by atoms with Crippen molar-refractivity contribution < 1.29 is 24.2 Å². The van der Waals surface area contributed by atoms with Crippen molar-refractivity contribution >= 4 is 0 Å². The third-order valence-corrected chi connectivity index (χ3v) is 3.88. The molecule has 0 bridgehead atoms. The van der Waals surface area contributed by atoms with Crippen LogP contribution in [0.5, 0.6) is 5.75 Å². The van der Waals surface area contributed by atoms with E-state index in [9.17, 15) is 5.11 Å². The van der Waals surface area contributed by atoms with Crippen molar-refractivity contribution in [3.8, 4) is 5.75 Å². The highest BCUT2D eigenvalue weighted by atomic mass is 16.5. The van der Waals surface area contributed by atoms with Crippen LogP contribution in [0, 0.1) is 0 Å². The van der Waals surface area contributed by atoms with Crippen molar-refractivity contribution in [1.29, 1.82) is 0 Å². The molecule has 1 fully saturated rings. The zero-order valence-electron chi connectivity index (χ0n) is 13.7. The van der Waals surface area contributed by atoms with Crippen molar-refractivity contribution in [3.63, 3.8) is 0 Å². The summed E-state index contributed by atoms with van der Waals surface area (Å²) >= 11 is 0. The first-order chi connectivity index (χ1) is 10.6. The average Bonchev–Trinajstić information content (AvgIpc) is 2.47. The van der Waals surface area contributed by atoms with Crippen LogP contribution in [0.15, 0.2) is 24.3 Å². The van der Waals surface area contributed by atoms with E-state index in [2.05, 4.69) is 13.8 Å². The fraction of sp³-hybridized carbons (Fsp3) is 0.647. The van der Waals surface area contributed by atoms with Crippen LogP contribution in [0.1, 0.15) is 19.4 Å². The predicted molar refractivity (Wildman–Crippen MR) is 84.2 cm³/mol. The molecule has 0 saturated carbocycles. The second kappa shape index (κ2) is 8.48. The summed E-state index contributed by atoms with van der Waals surface area (Å²) < 4.78 is 16.4. The third kappa shape index (κ3) is 5.57. The number of nitrogens with one attached hydrogen (secondary N) is 1. The molecule has 124 valence electrons. The monoisotopic (exact) mass is 310 g/mol. The molecule has 1 saturated heterocycles. The van der Waals surface area contributed by atoms with Crippen molar-refractivity contribution in [2.24, 2.45) is 0 Å². The van der Waals surface area contributed by atoms with Crippen LogP contribution in [0.2, 0.25) is 0 Å². The fourth-order valence-electron chi connectivity index (χ4n) is 2.98. The molecular formula is C17H28NO4+. The number of hydrogen-bond acceptors (Lipinski definition) is 4. The first kappa shape index (κ1) is 17.2. The number of rotatable bonds is 7. The molecule has 0 radical (unpaired) electrons. The lowest BCUT2D eigenvalue weighted by atomic mass is 10.2. The maximum absolute atomic E-state index is 10.1. The molecule has 0 spiro atoms. The van der Waals surface area contributed by atoms with Crippen molar-refractivity contribution in [1.82, 2.24) is 0 Å². The van der Waals surface area contributed by atoms with Gasteiger partial charge in [0.1, 0.15) is 43.7 Å². The molecule has 1 aliphatic rings. The summed E-state index contributed by atoms with van der Waals surface area (Å²) in [5.41, 5.74) is 1.08. The molecule has 0 amide bonds. The Kier molecular flexibility index (Phi) is 6.64. The lowest BCUT2D eigenvalue weighted by Gasteiger charge is -2.33.